The van der Waals surface area contributed by atoms with Gasteiger partial charge in [-0.2, -0.15) is 0 Å². The molecule has 1 N–H and O–H groups in total. The van der Waals surface area contributed by atoms with E-state index in [1.807, 2.05) is 18.2 Å². The van der Waals surface area contributed by atoms with Gasteiger partial charge in [-0.3, -0.25) is 4.90 Å². The van der Waals surface area contributed by atoms with Gasteiger partial charge in [-0.05, 0) is 43.3 Å². The number of ether oxygens (including phenoxy) is 2. The Balaban J connectivity index is 0.00000196. The fourth-order valence-corrected chi connectivity index (χ4v) is 3.01. The Morgan fingerprint density at radius 1 is 1.00 bits per heavy atom. The molecule has 2 aromatic rings. The van der Waals surface area contributed by atoms with Gasteiger partial charge in [0.05, 0.1) is 13.2 Å². The van der Waals surface area contributed by atoms with Crippen molar-refractivity contribution in [2.45, 2.75) is 19.6 Å². The standard InChI is InChI=1S/C21H27FN2O2.2ClH/c22-20-8-6-18(7-9-20)17-26-21-5-2-1-4-19(21)16-23-10-3-11-24-12-14-25-15-13-24;;/h1-2,4-9,23H,3,10-17H2;2*1H. The summed E-state index contributed by atoms with van der Waals surface area (Å²) in [5.41, 5.74) is 2.10. The van der Waals surface area contributed by atoms with Gasteiger partial charge in [0.2, 0.25) is 0 Å². The van der Waals surface area contributed by atoms with Crippen molar-refractivity contribution in [3.05, 3.63) is 65.5 Å². The van der Waals surface area contributed by atoms with Crippen LogP contribution in [0.4, 0.5) is 4.39 Å². The molecule has 4 nitrogen and oxygen atoms in total. The molecular formula is C21H29Cl2FN2O2. The molecule has 0 radical (unpaired) electrons. The van der Waals surface area contributed by atoms with E-state index in [0.717, 1.165) is 69.2 Å². The van der Waals surface area contributed by atoms with Crippen LogP contribution in [0, 0.1) is 5.82 Å². The van der Waals surface area contributed by atoms with Crippen LogP contribution in [0.25, 0.3) is 0 Å². The summed E-state index contributed by atoms with van der Waals surface area (Å²) in [5, 5.41) is 3.50. The van der Waals surface area contributed by atoms with Crippen molar-refractivity contribution in [3.8, 4) is 5.75 Å². The Hall–Kier alpha value is -1.37. The van der Waals surface area contributed by atoms with Crippen molar-refractivity contribution in [1.82, 2.24) is 10.2 Å². The fraction of sp³-hybridized carbons (Fsp3) is 0.429. The maximum absolute atomic E-state index is 13.0. The van der Waals surface area contributed by atoms with Crippen LogP contribution in [0.15, 0.2) is 48.5 Å². The van der Waals surface area contributed by atoms with Crippen molar-refractivity contribution in [1.29, 1.82) is 0 Å². The number of hydrogen-bond donors (Lipinski definition) is 1. The average molecular weight is 431 g/mol. The highest BCUT2D eigenvalue weighted by molar-refractivity contribution is 5.85. The van der Waals surface area contributed by atoms with Gasteiger partial charge in [-0.15, -0.1) is 24.8 Å². The monoisotopic (exact) mass is 430 g/mol. The molecule has 3 rings (SSSR count). The maximum Gasteiger partial charge on any atom is 0.124 e. The lowest BCUT2D eigenvalue weighted by atomic mass is 10.2. The Kier molecular flexibility index (Phi) is 12.1. The number of nitrogens with one attached hydrogen (secondary N) is 1. The molecule has 7 heteroatoms. The van der Waals surface area contributed by atoms with Gasteiger partial charge in [-0.1, -0.05) is 30.3 Å². The SMILES string of the molecule is Cl.Cl.Fc1ccc(COc2ccccc2CNCCCN2CCOCC2)cc1. The summed E-state index contributed by atoms with van der Waals surface area (Å²) in [6.07, 6.45) is 1.12. The zero-order chi connectivity index (χ0) is 18.0. The molecule has 0 saturated carbocycles. The van der Waals surface area contributed by atoms with Gasteiger partial charge < -0.3 is 14.8 Å². The van der Waals surface area contributed by atoms with E-state index in [4.69, 9.17) is 9.47 Å². The first-order valence-corrected chi connectivity index (χ1v) is 9.27. The van der Waals surface area contributed by atoms with Crippen LogP contribution < -0.4 is 10.1 Å². The van der Waals surface area contributed by atoms with E-state index in [0.29, 0.717) is 6.61 Å². The van der Waals surface area contributed by atoms with Gasteiger partial charge in [0, 0.05) is 25.2 Å². The molecule has 1 heterocycles. The van der Waals surface area contributed by atoms with Crippen LogP contribution in [0.3, 0.4) is 0 Å². The topological polar surface area (TPSA) is 33.7 Å². The number of morpholine rings is 1. The van der Waals surface area contributed by atoms with Crippen LogP contribution in [-0.4, -0.2) is 44.3 Å². The van der Waals surface area contributed by atoms with Crippen molar-refractivity contribution in [2.24, 2.45) is 0 Å². The highest BCUT2D eigenvalue weighted by atomic mass is 35.5. The van der Waals surface area contributed by atoms with Crippen molar-refractivity contribution < 1.29 is 13.9 Å². The van der Waals surface area contributed by atoms with E-state index < -0.39 is 0 Å². The highest BCUT2D eigenvalue weighted by Gasteiger charge is 2.09. The second-order valence-electron chi connectivity index (χ2n) is 6.51. The highest BCUT2D eigenvalue weighted by Crippen LogP contribution is 2.19. The molecule has 1 fully saturated rings. The summed E-state index contributed by atoms with van der Waals surface area (Å²) in [5.74, 6) is 0.646. The van der Waals surface area contributed by atoms with Crippen LogP contribution in [0.5, 0.6) is 5.75 Å². The van der Waals surface area contributed by atoms with Crippen LogP contribution in [-0.2, 0) is 17.9 Å². The second kappa shape index (κ2) is 13.7. The lowest BCUT2D eigenvalue weighted by molar-refractivity contribution is 0.0374. The minimum absolute atomic E-state index is 0. The molecule has 2 aromatic carbocycles. The first-order chi connectivity index (χ1) is 12.8. The van der Waals surface area contributed by atoms with E-state index in [-0.39, 0.29) is 30.6 Å². The number of halogens is 3. The predicted molar refractivity (Wildman–Crippen MR) is 115 cm³/mol. The van der Waals surface area contributed by atoms with Gasteiger partial charge in [0.15, 0.2) is 0 Å². The molecule has 1 saturated heterocycles. The third-order valence-electron chi connectivity index (χ3n) is 4.53. The molecule has 1 aliphatic rings. The summed E-state index contributed by atoms with van der Waals surface area (Å²) in [6.45, 7) is 7.10. The lowest BCUT2D eigenvalue weighted by Gasteiger charge is -2.26. The molecule has 28 heavy (non-hydrogen) atoms. The summed E-state index contributed by atoms with van der Waals surface area (Å²) >= 11 is 0. The number of para-hydroxylation sites is 1. The molecule has 0 spiro atoms. The maximum atomic E-state index is 13.0. The molecule has 0 bridgehead atoms. The van der Waals surface area contributed by atoms with Crippen LogP contribution >= 0.6 is 24.8 Å². The molecule has 0 aromatic heterocycles. The van der Waals surface area contributed by atoms with Crippen LogP contribution in [0.2, 0.25) is 0 Å². The Bertz CT molecular complexity index is 668. The molecule has 0 amide bonds. The Morgan fingerprint density at radius 2 is 1.71 bits per heavy atom. The Morgan fingerprint density at radius 3 is 2.46 bits per heavy atom. The van der Waals surface area contributed by atoms with Gasteiger partial charge in [0.1, 0.15) is 18.2 Å². The number of hydrogen-bond acceptors (Lipinski definition) is 4. The summed E-state index contributed by atoms with van der Waals surface area (Å²) in [4.78, 5) is 2.45. The van der Waals surface area contributed by atoms with Crippen molar-refractivity contribution in [3.63, 3.8) is 0 Å². The third kappa shape index (κ3) is 8.33. The minimum atomic E-state index is -0.226. The van der Waals surface area contributed by atoms with Crippen molar-refractivity contribution >= 4 is 24.8 Å². The molecular weight excluding hydrogens is 402 g/mol. The summed E-state index contributed by atoms with van der Waals surface area (Å²) < 4.78 is 24.3. The second-order valence-corrected chi connectivity index (χ2v) is 6.51. The van der Waals surface area contributed by atoms with E-state index >= 15 is 0 Å². The fourth-order valence-electron chi connectivity index (χ4n) is 3.01. The zero-order valence-electron chi connectivity index (χ0n) is 15.9. The predicted octanol–water partition coefficient (Wildman–Crippen LogP) is 4.06. The molecule has 156 valence electrons. The molecule has 1 aliphatic heterocycles. The smallest absolute Gasteiger partial charge is 0.124 e. The van der Waals surface area contributed by atoms with E-state index in [2.05, 4.69) is 16.3 Å². The molecule has 0 aliphatic carbocycles. The van der Waals surface area contributed by atoms with Crippen LogP contribution in [0.1, 0.15) is 17.5 Å². The summed E-state index contributed by atoms with van der Waals surface area (Å²) in [6, 6.07) is 14.5. The first-order valence-electron chi connectivity index (χ1n) is 9.27. The quantitative estimate of drug-likeness (QED) is 0.608. The average Bonchev–Trinajstić information content (AvgIpc) is 2.69. The zero-order valence-corrected chi connectivity index (χ0v) is 17.6. The van der Waals surface area contributed by atoms with Crippen molar-refractivity contribution in [2.75, 3.05) is 39.4 Å². The van der Waals surface area contributed by atoms with Gasteiger partial charge in [0.25, 0.3) is 0 Å². The first kappa shape index (κ1) is 24.7. The molecule has 0 unspecified atom stereocenters. The normalized spacial score (nSPS) is 14.0. The van der Waals surface area contributed by atoms with E-state index in [1.54, 1.807) is 12.1 Å². The number of rotatable bonds is 9. The Labute approximate surface area is 179 Å². The van der Waals surface area contributed by atoms with Gasteiger partial charge in [-0.25, -0.2) is 4.39 Å². The van der Waals surface area contributed by atoms with E-state index in [1.165, 1.54) is 12.1 Å². The number of nitrogens with zero attached hydrogens (tertiary/aromatic N) is 1. The third-order valence-corrected chi connectivity index (χ3v) is 4.53. The summed E-state index contributed by atoms with van der Waals surface area (Å²) in [7, 11) is 0. The van der Waals surface area contributed by atoms with E-state index in [9.17, 15) is 4.39 Å². The van der Waals surface area contributed by atoms with Gasteiger partial charge >= 0.3 is 0 Å². The largest absolute Gasteiger partial charge is 0.489 e. The minimum Gasteiger partial charge on any atom is -0.489 e. The lowest BCUT2D eigenvalue weighted by Crippen LogP contribution is -2.37. The molecule has 0 atom stereocenters. The number of benzene rings is 2.